The molecule has 0 radical (unpaired) electrons. The number of aryl methyl sites for hydroxylation is 1. The second-order valence-electron chi connectivity index (χ2n) is 7.33. The molecule has 3 rings (SSSR count). The van der Waals surface area contributed by atoms with Gasteiger partial charge >= 0.3 is 11.8 Å². The summed E-state index contributed by atoms with van der Waals surface area (Å²) in [6, 6.07) is 14.7. The first-order chi connectivity index (χ1) is 13.5. The molecule has 0 saturated carbocycles. The van der Waals surface area contributed by atoms with Gasteiger partial charge in [-0.05, 0) is 62.0 Å². The molecule has 148 valence electrons. The lowest BCUT2D eigenvalue weighted by Gasteiger charge is -2.32. The fourth-order valence-electron chi connectivity index (χ4n) is 3.37. The molecule has 6 heteroatoms. The van der Waals surface area contributed by atoms with Crippen LogP contribution in [0.5, 0.6) is 0 Å². The average Bonchev–Trinajstić information content (AvgIpc) is 2.71. The molecule has 0 spiro atoms. The summed E-state index contributed by atoms with van der Waals surface area (Å²) >= 11 is 0. The zero-order chi connectivity index (χ0) is 19.9. The molecule has 0 aromatic heterocycles. The Bertz CT molecular complexity index is 818. The number of rotatable bonds is 5. The molecule has 2 amide bonds. The Labute approximate surface area is 164 Å². The van der Waals surface area contributed by atoms with Crippen molar-refractivity contribution in [2.45, 2.75) is 26.3 Å². The van der Waals surface area contributed by atoms with Gasteiger partial charge in [0.2, 0.25) is 0 Å². The Morgan fingerprint density at radius 3 is 2.46 bits per heavy atom. The summed E-state index contributed by atoms with van der Waals surface area (Å²) in [5.41, 5.74) is 2.07. The van der Waals surface area contributed by atoms with Crippen LogP contribution in [-0.4, -0.2) is 36.3 Å². The summed E-state index contributed by atoms with van der Waals surface area (Å²) < 4.78 is 13.5. The van der Waals surface area contributed by atoms with Crippen molar-refractivity contribution in [2.24, 2.45) is 5.92 Å². The van der Waals surface area contributed by atoms with Gasteiger partial charge in [-0.25, -0.2) is 4.39 Å². The van der Waals surface area contributed by atoms with E-state index >= 15 is 0 Å². The van der Waals surface area contributed by atoms with Gasteiger partial charge in [-0.1, -0.05) is 36.4 Å². The first kappa shape index (κ1) is 20.0. The highest BCUT2D eigenvalue weighted by atomic mass is 19.1. The Kier molecular flexibility index (Phi) is 6.76. The fraction of sp³-hybridized carbons (Fsp3) is 0.364. The summed E-state index contributed by atoms with van der Waals surface area (Å²) in [5, 5.41) is 5.13. The van der Waals surface area contributed by atoms with Gasteiger partial charge in [-0.2, -0.15) is 0 Å². The molecule has 1 aliphatic rings. The predicted molar refractivity (Wildman–Crippen MR) is 107 cm³/mol. The lowest BCUT2D eigenvalue weighted by molar-refractivity contribution is -0.136. The largest absolute Gasteiger partial charge is 0.348 e. The van der Waals surface area contributed by atoms with Crippen LogP contribution < -0.4 is 10.6 Å². The highest BCUT2D eigenvalue weighted by molar-refractivity contribution is 6.39. The molecule has 28 heavy (non-hydrogen) atoms. The second-order valence-corrected chi connectivity index (χ2v) is 7.33. The first-order valence-corrected chi connectivity index (χ1v) is 9.63. The van der Waals surface area contributed by atoms with Gasteiger partial charge in [0.15, 0.2) is 0 Å². The molecular weight excluding hydrogens is 357 g/mol. The molecule has 1 heterocycles. The van der Waals surface area contributed by atoms with Gasteiger partial charge < -0.3 is 10.6 Å². The number of nitrogens with zero attached hydrogens (tertiary/aromatic N) is 1. The van der Waals surface area contributed by atoms with Crippen LogP contribution in [0.1, 0.15) is 24.0 Å². The molecule has 0 aliphatic carbocycles. The van der Waals surface area contributed by atoms with Gasteiger partial charge in [-0.3, -0.25) is 14.5 Å². The summed E-state index contributed by atoms with van der Waals surface area (Å²) in [7, 11) is 0. The minimum absolute atomic E-state index is 0.275. The topological polar surface area (TPSA) is 61.4 Å². The zero-order valence-electron chi connectivity index (χ0n) is 16.1. The van der Waals surface area contributed by atoms with E-state index in [9.17, 15) is 14.0 Å². The molecule has 0 atom stereocenters. The first-order valence-electron chi connectivity index (χ1n) is 9.63. The second kappa shape index (κ2) is 9.46. The van der Waals surface area contributed by atoms with Gasteiger partial charge in [0.05, 0.1) is 0 Å². The third-order valence-electron chi connectivity index (χ3n) is 5.14. The van der Waals surface area contributed by atoms with Crippen LogP contribution in [0.15, 0.2) is 48.5 Å². The number of benzene rings is 2. The third-order valence-corrected chi connectivity index (χ3v) is 5.14. The van der Waals surface area contributed by atoms with E-state index in [1.165, 1.54) is 11.6 Å². The maximum absolute atomic E-state index is 13.5. The van der Waals surface area contributed by atoms with Crippen LogP contribution in [0.4, 0.5) is 10.1 Å². The quantitative estimate of drug-likeness (QED) is 0.780. The standard InChI is InChI=1S/C22H26FN3O2/c1-16-7-8-19(13-20(16)23)25-22(28)21(27)24-14-17-9-11-26(12-10-17)15-18-5-3-2-4-6-18/h2-8,13,17H,9-12,14-15H2,1H3,(H,24,27)(H,25,28). The minimum Gasteiger partial charge on any atom is -0.348 e. The summed E-state index contributed by atoms with van der Waals surface area (Å²) in [6.45, 7) is 5.01. The van der Waals surface area contributed by atoms with Crippen molar-refractivity contribution in [3.63, 3.8) is 0 Å². The molecule has 1 aliphatic heterocycles. The number of anilines is 1. The molecule has 0 unspecified atom stereocenters. The van der Waals surface area contributed by atoms with E-state index in [-0.39, 0.29) is 5.69 Å². The highest BCUT2D eigenvalue weighted by Crippen LogP contribution is 2.18. The smallest absolute Gasteiger partial charge is 0.313 e. The van der Waals surface area contributed by atoms with Crippen LogP contribution in [0.25, 0.3) is 0 Å². The lowest BCUT2D eigenvalue weighted by Crippen LogP contribution is -2.41. The monoisotopic (exact) mass is 383 g/mol. The molecule has 1 fully saturated rings. The minimum atomic E-state index is -0.773. The number of nitrogens with one attached hydrogen (secondary N) is 2. The molecule has 2 aromatic rings. The number of piperidine rings is 1. The molecule has 5 nitrogen and oxygen atoms in total. The summed E-state index contributed by atoms with van der Waals surface area (Å²) in [5.74, 6) is -1.52. The van der Waals surface area contributed by atoms with Crippen molar-refractivity contribution in [2.75, 3.05) is 25.0 Å². The number of hydrogen-bond donors (Lipinski definition) is 2. The number of hydrogen-bond acceptors (Lipinski definition) is 3. The SMILES string of the molecule is Cc1ccc(NC(=O)C(=O)NCC2CCN(Cc3ccccc3)CC2)cc1F. The fourth-order valence-corrected chi connectivity index (χ4v) is 3.37. The van der Waals surface area contributed by atoms with Crippen LogP contribution in [0.2, 0.25) is 0 Å². The maximum Gasteiger partial charge on any atom is 0.313 e. The van der Waals surface area contributed by atoms with Crippen molar-refractivity contribution in [3.8, 4) is 0 Å². The van der Waals surface area contributed by atoms with Gasteiger partial charge in [0.25, 0.3) is 0 Å². The Morgan fingerprint density at radius 1 is 1.07 bits per heavy atom. The molecule has 2 N–H and O–H groups in total. The van der Waals surface area contributed by atoms with Crippen molar-refractivity contribution >= 4 is 17.5 Å². The number of carbonyl (C=O) groups excluding carboxylic acids is 2. The van der Waals surface area contributed by atoms with Crippen LogP contribution in [0, 0.1) is 18.7 Å². The predicted octanol–water partition coefficient (Wildman–Crippen LogP) is 3.10. The van der Waals surface area contributed by atoms with Gasteiger partial charge in [0.1, 0.15) is 5.82 Å². The van der Waals surface area contributed by atoms with E-state index in [1.807, 2.05) is 18.2 Å². The van der Waals surface area contributed by atoms with Crippen molar-refractivity contribution < 1.29 is 14.0 Å². The van der Waals surface area contributed by atoms with Crippen LogP contribution >= 0.6 is 0 Å². The van der Waals surface area contributed by atoms with Crippen molar-refractivity contribution in [1.82, 2.24) is 10.2 Å². The Balaban J connectivity index is 1.39. The Morgan fingerprint density at radius 2 is 1.79 bits per heavy atom. The van der Waals surface area contributed by atoms with E-state index in [0.29, 0.717) is 18.0 Å². The molecular formula is C22H26FN3O2. The number of likely N-dealkylation sites (tertiary alicyclic amines) is 1. The Hall–Kier alpha value is -2.73. The van der Waals surface area contributed by atoms with Gasteiger partial charge in [0, 0.05) is 18.8 Å². The van der Waals surface area contributed by atoms with Crippen LogP contribution in [-0.2, 0) is 16.1 Å². The van der Waals surface area contributed by atoms with Crippen LogP contribution in [0.3, 0.4) is 0 Å². The van der Waals surface area contributed by atoms with E-state index in [1.54, 1.807) is 19.1 Å². The lowest BCUT2D eigenvalue weighted by atomic mass is 9.96. The normalized spacial score (nSPS) is 15.2. The molecule has 1 saturated heterocycles. The van der Waals surface area contributed by atoms with E-state index in [2.05, 4.69) is 27.7 Å². The molecule has 2 aromatic carbocycles. The average molecular weight is 383 g/mol. The summed E-state index contributed by atoms with van der Waals surface area (Å²) in [4.78, 5) is 26.4. The van der Waals surface area contributed by atoms with E-state index in [0.717, 1.165) is 32.5 Å². The number of amides is 2. The summed E-state index contributed by atoms with van der Waals surface area (Å²) in [6.07, 6.45) is 1.97. The number of halogens is 1. The van der Waals surface area contributed by atoms with E-state index < -0.39 is 17.6 Å². The third kappa shape index (κ3) is 5.63. The van der Waals surface area contributed by atoms with Gasteiger partial charge in [-0.15, -0.1) is 0 Å². The van der Waals surface area contributed by atoms with E-state index in [4.69, 9.17) is 0 Å². The highest BCUT2D eigenvalue weighted by Gasteiger charge is 2.21. The zero-order valence-corrected chi connectivity index (χ0v) is 16.1. The van der Waals surface area contributed by atoms with Crippen molar-refractivity contribution in [1.29, 1.82) is 0 Å². The maximum atomic E-state index is 13.5. The van der Waals surface area contributed by atoms with Crippen molar-refractivity contribution in [3.05, 3.63) is 65.5 Å². The molecule has 0 bridgehead atoms. The number of carbonyl (C=O) groups is 2.